The second-order valence-corrected chi connectivity index (χ2v) is 9.98. The van der Waals surface area contributed by atoms with Crippen LogP contribution in [0.15, 0.2) is 27.8 Å². The zero-order valence-electron chi connectivity index (χ0n) is 19.3. The maximum absolute atomic E-state index is 13.7. The summed E-state index contributed by atoms with van der Waals surface area (Å²) in [7, 11) is 0. The predicted octanol–water partition coefficient (Wildman–Crippen LogP) is 4.01. The smallest absolute Gasteiger partial charge is 0.337 e. The molecule has 2 aromatic heterocycles. The van der Waals surface area contributed by atoms with Gasteiger partial charge in [0, 0.05) is 10.9 Å². The van der Waals surface area contributed by atoms with Crippen molar-refractivity contribution in [2.45, 2.75) is 78.8 Å². The van der Waals surface area contributed by atoms with Gasteiger partial charge >= 0.3 is 5.69 Å². The first-order valence-corrected chi connectivity index (χ1v) is 12.3. The first kappa shape index (κ1) is 22.5. The molecule has 1 aliphatic rings. The van der Waals surface area contributed by atoms with Crippen LogP contribution < -0.4 is 16.6 Å². The van der Waals surface area contributed by atoms with Crippen molar-refractivity contribution in [3.63, 3.8) is 0 Å². The maximum atomic E-state index is 13.7. The number of carbonyl (C=O) groups is 1. The summed E-state index contributed by atoms with van der Waals surface area (Å²) < 4.78 is 2.76. The lowest BCUT2D eigenvalue weighted by Crippen LogP contribution is -2.43. The molecule has 0 radical (unpaired) electrons. The van der Waals surface area contributed by atoms with E-state index in [0.717, 1.165) is 55.2 Å². The first-order valence-electron chi connectivity index (χ1n) is 11.5. The third-order valence-corrected chi connectivity index (χ3v) is 7.87. The van der Waals surface area contributed by atoms with Gasteiger partial charge in [-0.1, -0.05) is 19.4 Å². The molecule has 1 N–H and O–H groups in total. The number of thiophene rings is 1. The van der Waals surface area contributed by atoms with E-state index < -0.39 is 5.69 Å². The Morgan fingerprint density at radius 1 is 1.12 bits per heavy atom. The molecule has 170 valence electrons. The number of hydrogen-bond donors (Lipinski definition) is 1. The molecular weight excluding hydrogens is 422 g/mol. The van der Waals surface area contributed by atoms with Gasteiger partial charge in [0.2, 0.25) is 5.91 Å². The molecule has 1 amide bonds. The van der Waals surface area contributed by atoms with E-state index >= 15 is 0 Å². The Hall–Kier alpha value is -2.67. The second-order valence-electron chi connectivity index (χ2n) is 8.90. The fourth-order valence-electron chi connectivity index (χ4n) is 4.34. The molecule has 32 heavy (non-hydrogen) atoms. The molecule has 6 nitrogen and oxygen atoms in total. The van der Waals surface area contributed by atoms with Gasteiger partial charge in [0.25, 0.3) is 5.56 Å². The Bertz CT molecular complexity index is 1300. The van der Waals surface area contributed by atoms with Crippen LogP contribution in [0.25, 0.3) is 15.9 Å². The number of hydrogen-bond acceptors (Lipinski definition) is 4. The molecule has 4 rings (SSSR count). The fourth-order valence-corrected chi connectivity index (χ4v) is 5.72. The van der Waals surface area contributed by atoms with Crippen LogP contribution in [0.1, 0.15) is 61.1 Å². The number of carbonyl (C=O) groups excluding carboxylic acids is 1. The van der Waals surface area contributed by atoms with Crippen LogP contribution in [-0.2, 0) is 24.2 Å². The molecule has 1 aromatic carbocycles. The standard InChI is InChI=1S/C25H31N3O3S/c1-5-17(4)26-21(29)14-27-24-22(19-9-7-6-8-10-20(19)32-24)23(30)28(25(27)31)18-12-11-15(2)16(3)13-18/h11-13,17H,5-10,14H2,1-4H3,(H,26,29)/t17-/m1/s1. The summed E-state index contributed by atoms with van der Waals surface area (Å²) in [5.74, 6) is -0.211. The molecular formula is C25H31N3O3S. The van der Waals surface area contributed by atoms with Crippen LogP contribution in [-0.4, -0.2) is 21.1 Å². The summed E-state index contributed by atoms with van der Waals surface area (Å²) in [6.45, 7) is 7.83. The number of aryl methyl sites for hydroxylation is 4. The molecule has 0 unspecified atom stereocenters. The molecule has 1 atom stereocenters. The third kappa shape index (κ3) is 4.06. The van der Waals surface area contributed by atoms with Gasteiger partial charge in [-0.3, -0.25) is 14.2 Å². The third-order valence-electron chi connectivity index (χ3n) is 6.56. The van der Waals surface area contributed by atoms with Crippen molar-refractivity contribution in [1.29, 1.82) is 0 Å². The zero-order chi connectivity index (χ0) is 23.0. The highest BCUT2D eigenvalue weighted by Gasteiger charge is 2.24. The van der Waals surface area contributed by atoms with Gasteiger partial charge < -0.3 is 5.32 Å². The van der Waals surface area contributed by atoms with E-state index in [1.807, 2.05) is 45.9 Å². The van der Waals surface area contributed by atoms with E-state index in [0.29, 0.717) is 15.9 Å². The maximum Gasteiger partial charge on any atom is 0.337 e. The minimum Gasteiger partial charge on any atom is -0.352 e. The minimum absolute atomic E-state index is 0.0272. The van der Waals surface area contributed by atoms with Crippen LogP contribution in [0.5, 0.6) is 0 Å². The minimum atomic E-state index is -0.457. The first-order chi connectivity index (χ1) is 15.3. The fraction of sp³-hybridized carbons (Fsp3) is 0.480. The van der Waals surface area contributed by atoms with Gasteiger partial charge in [0.15, 0.2) is 0 Å². The molecule has 7 heteroatoms. The van der Waals surface area contributed by atoms with Crippen LogP contribution in [0, 0.1) is 13.8 Å². The van der Waals surface area contributed by atoms with Crippen molar-refractivity contribution >= 4 is 27.5 Å². The van der Waals surface area contributed by atoms with Crippen molar-refractivity contribution in [2.75, 3.05) is 0 Å². The lowest BCUT2D eigenvalue weighted by molar-refractivity contribution is -0.122. The highest BCUT2D eigenvalue weighted by Crippen LogP contribution is 2.33. The Morgan fingerprint density at radius 2 is 1.88 bits per heavy atom. The average Bonchev–Trinajstić information content (AvgIpc) is 2.96. The number of amides is 1. The van der Waals surface area contributed by atoms with Crippen molar-refractivity contribution in [2.24, 2.45) is 0 Å². The number of fused-ring (bicyclic) bond motifs is 3. The van der Waals surface area contributed by atoms with Crippen molar-refractivity contribution < 1.29 is 4.79 Å². The topological polar surface area (TPSA) is 73.1 Å². The number of nitrogens with zero attached hydrogens (tertiary/aromatic N) is 2. The average molecular weight is 454 g/mol. The summed E-state index contributed by atoms with van der Waals surface area (Å²) in [6, 6.07) is 5.64. The summed E-state index contributed by atoms with van der Waals surface area (Å²) in [4.78, 5) is 41.9. The van der Waals surface area contributed by atoms with Crippen LogP contribution >= 0.6 is 11.3 Å². The Labute approximate surface area is 191 Å². The van der Waals surface area contributed by atoms with Gasteiger partial charge in [-0.25, -0.2) is 9.36 Å². The summed E-state index contributed by atoms with van der Waals surface area (Å²) in [6.07, 6.45) is 5.84. The number of aromatic nitrogens is 2. The van der Waals surface area contributed by atoms with E-state index in [2.05, 4.69) is 5.32 Å². The molecule has 1 aliphatic carbocycles. The number of benzene rings is 1. The molecule has 0 bridgehead atoms. The van der Waals surface area contributed by atoms with E-state index in [-0.39, 0.29) is 24.1 Å². The Balaban J connectivity index is 1.98. The number of nitrogens with one attached hydrogen (secondary N) is 1. The highest BCUT2D eigenvalue weighted by molar-refractivity contribution is 7.18. The molecule has 2 heterocycles. The molecule has 0 saturated heterocycles. The largest absolute Gasteiger partial charge is 0.352 e. The molecule has 0 aliphatic heterocycles. The summed E-state index contributed by atoms with van der Waals surface area (Å²) >= 11 is 1.51. The second kappa shape index (κ2) is 9.06. The van der Waals surface area contributed by atoms with Crippen molar-refractivity contribution in [1.82, 2.24) is 14.5 Å². The van der Waals surface area contributed by atoms with E-state index in [1.165, 1.54) is 25.3 Å². The summed E-state index contributed by atoms with van der Waals surface area (Å²) in [5.41, 5.74) is 3.00. The van der Waals surface area contributed by atoms with Gasteiger partial charge in [-0.2, -0.15) is 0 Å². The molecule has 0 fully saturated rings. The zero-order valence-corrected chi connectivity index (χ0v) is 20.1. The number of rotatable bonds is 5. The molecule has 0 saturated carbocycles. The summed E-state index contributed by atoms with van der Waals surface area (Å²) in [5, 5.41) is 3.56. The van der Waals surface area contributed by atoms with Crippen LogP contribution in [0.4, 0.5) is 0 Å². The van der Waals surface area contributed by atoms with Gasteiger partial charge in [0.1, 0.15) is 11.4 Å². The predicted molar refractivity (Wildman–Crippen MR) is 130 cm³/mol. The van der Waals surface area contributed by atoms with E-state index in [4.69, 9.17) is 0 Å². The van der Waals surface area contributed by atoms with Gasteiger partial charge in [-0.15, -0.1) is 11.3 Å². The van der Waals surface area contributed by atoms with E-state index in [9.17, 15) is 14.4 Å². The lowest BCUT2D eigenvalue weighted by atomic mass is 10.1. The monoisotopic (exact) mass is 453 g/mol. The quantitative estimate of drug-likeness (QED) is 0.593. The van der Waals surface area contributed by atoms with Gasteiger partial charge in [0.05, 0.1) is 11.1 Å². The Kier molecular flexibility index (Phi) is 6.38. The normalized spacial score (nSPS) is 14.8. The van der Waals surface area contributed by atoms with Crippen molar-refractivity contribution in [3.05, 3.63) is 60.6 Å². The molecule has 3 aromatic rings. The van der Waals surface area contributed by atoms with Crippen molar-refractivity contribution in [3.8, 4) is 5.69 Å². The SMILES string of the molecule is CC[C@@H](C)NC(=O)Cn1c(=O)n(-c2ccc(C)c(C)c2)c(=O)c2c3c(sc21)CCCCC3. The Morgan fingerprint density at radius 3 is 2.59 bits per heavy atom. The van der Waals surface area contributed by atoms with Crippen LogP contribution in [0.3, 0.4) is 0 Å². The highest BCUT2D eigenvalue weighted by atomic mass is 32.1. The lowest BCUT2D eigenvalue weighted by Gasteiger charge is -2.15. The van der Waals surface area contributed by atoms with E-state index in [1.54, 1.807) is 0 Å². The molecule has 0 spiro atoms. The van der Waals surface area contributed by atoms with Gasteiger partial charge in [-0.05, 0) is 81.7 Å². The van der Waals surface area contributed by atoms with Crippen LogP contribution in [0.2, 0.25) is 0 Å².